The van der Waals surface area contributed by atoms with Gasteiger partial charge in [0.15, 0.2) is 0 Å². The predicted octanol–water partition coefficient (Wildman–Crippen LogP) is 5.94. The van der Waals surface area contributed by atoms with Gasteiger partial charge in [-0.3, -0.25) is 4.18 Å². The molecular weight excluding hydrogens is 490 g/mol. The second-order valence-electron chi connectivity index (χ2n) is 7.58. The van der Waals surface area contributed by atoms with Crippen molar-refractivity contribution in [3.8, 4) is 5.75 Å². The van der Waals surface area contributed by atoms with Gasteiger partial charge in [-0.15, -0.1) is 0 Å². The van der Waals surface area contributed by atoms with E-state index in [9.17, 15) is 8.42 Å². The number of ether oxygens (including phenoxy) is 1. The molecule has 7 heteroatoms. The number of nitrogens with zero attached hydrogens (tertiary/aromatic N) is 1. The van der Waals surface area contributed by atoms with E-state index in [0.717, 1.165) is 38.5 Å². The summed E-state index contributed by atoms with van der Waals surface area (Å²) in [6.45, 7) is 0.548. The van der Waals surface area contributed by atoms with E-state index in [-0.39, 0.29) is 12.6 Å². The van der Waals surface area contributed by atoms with Crippen molar-refractivity contribution in [3.63, 3.8) is 0 Å². The quantitative estimate of drug-likeness (QED) is 0.260. The largest absolute Gasteiger partial charge is 0.487 e. The average molecular weight is 514 g/mol. The Morgan fingerprint density at radius 2 is 1.75 bits per heavy atom. The summed E-state index contributed by atoms with van der Waals surface area (Å²) < 4.78 is 37.4. The lowest BCUT2D eigenvalue weighted by Crippen LogP contribution is -2.15. The summed E-state index contributed by atoms with van der Waals surface area (Å²) in [5, 5.41) is 1.06. The minimum absolute atomic E-state index is 0.0860. The summed E-state index contributed by atoms with van der Waals surface area (Å²) >= 11 is 3.55. The highest BCUT2D eigenvalue weighted by Gasteiger charge is 2.19. The van der Waals surface area contributed by atoms with Gasteiger partial charge >= 0.3 is 0 Å². The minimum atomic E-state index is -3.51. The van der Waals surface area contributed by atoms with Gasteiger partial charge in [-0.05, 0) is 41.8 Å². The molecule has 0 saturated carbocycles. The molecule has 5 nitrogen and oxygen atoms in total. The molecular formula is C25H24BrNO4S. The molecule has 0 radical (unpaired) electrons. The van der Waals surface area contributed by atoms with Crippen LogP contribution in [0.2, 0.25) is 0 Å². The number of para-hydroxylation sites is 1. The van der Waals surface area contributed by atoms with Crippen LogP contribution < -0.4 is 4.74 Å². The van der Waals surface area contributed by atoms with Gasteiger partial charge in [0, 0.05) is 16.1 Å². The van der Waals surface area contributed by atoms with E-state index in [0.29, 0.717) is 13.0 Å². The SMILES string of the molecule is CS(=O)(=O)OCCC(c1cccc(Br)c1)n1ccc2cccc(OCc3ccccc3)c21. The summed E-state index contributed by atoms with van der Waals surface area (Å²) in [4.78, 5) is 0. The van der Waals surface area contributed by atoms with Crippen molar-refractivity contribution >= 4 is 37.0 Å². The number of fused-ring (bicyclic) bond motifs is 1. The van der Waals surface area contributed by atoms with Crippen LogP contribution in [0.1, 0.15) is 23.6 Å². The summed E-state index contributed by atoms with van der Waals surface area (Å²) in [5.41, 5.74) is 3.10. The fourth-order valence-electron chi connectivity index (χ4n) is 3.79. The lowest BCUT2D eigenvalue weighted by Gasteiger charge is -2.22. The summed E-state index contributed by atoms with van der Waals surface area (Å²) in [5.74, 6) is 0.778. The van der Waals surface area contributed by atoms with Crippen molar-refractivity contribution in [2.45, 2.75) is 19.1 Å². The highest BCUT2D eigenvalue weighted by Crippen LogP contribution is 2.34. The lowest BCUT2D eigenvalue weighted by molar-refractivity contribution is 0.293. The van der Waals surface area contributed by atoms with Crippen molar-refractivity contribution in [1.29, 1.82) is 0 Å². The van der Waals surface area contributed by atoms with Crippen LogP contribution >= 0.6 is 15.9 Å². The molecule has 0 aliphatic heterocycles. The molecule has 0 aliphatic carbocycles. The maximum absolute atomic E-state index is 11.5. The number of hydrogen-bond donors (Lipinski definition) is 0. The van der Waals surface area contributed by atoms with Gasteiger partial charge in [-0.2, -0.15) is 8.42 Å². The highest BCUT2D eigenvalue weighted by atomic mass is 79.9. The second kappa shape index (κ2) is 9.90. The molecule has 3 aromatic carbocycles. The van der Waals surface area contributed by atoms with Gasteiger partial charge in [0.2, 0.25) is 0 Å². The zero-order valence-corrected chi connectivity index (χ0v) is 20.1. The van der Waals surface area contributed by atoms with Crippen LogP contribution in [0.5, 0.6) is 5.75 Å². The fourth-order valence-corrected chi connectivity index (χ4v) is 4.60. The van der Waals surface area contributed by atoms with Crippen LogP contribution in [-0.4, -0.2) is 25.8 Å². The Balaban J connectivity index is 1.71. The molecule has 1 unspecified atom stereocenters. The number of aromatic nitrogens is 1. The minimum Gasteiger partial charge on any atom is -0.487 e. The van der Waals surface area contributed by atoms with E-state index in [1.807, 2.05) is 85.1 Å². The number of halogens is 1. The standard InChI is InChI=1S/C25H24BrNO4S/c1-32(28,29)31-16-14-23(21-10-5-11-22(26)17-21)27-15-13-20-9-6-12-24(25(20)27)30-18-19-7-3-2-4-8-19/h2-13,15,17,23H,14,16,18H2,1H3. The normalized spacial score (nSPS) is 12.7. The topological polar surface area (TPSA) is 57.5 Å². The Labute approximate surface area is 196 Å². The molecule has 32 heavy (non-hydrogen) atoms. The third-order valence-corrected chi connectivity index (χ3v) is 6.29. The van der Waals surface area contributed by atoms with Gasteiger partial charge in [0.1, 0.15) is 12.4 Å². The molecule has 4 aromatic rings. The van der Waals surface area contributed by atoms with Gasteiger partial charge in [0.05, 0.1) is 24.4 Å². The Hall–Kier alpha value is -2.61. The monoisotopic (exact) mass is 513 g/mol. The van der Waals surface area contributed by atoms with Crippen LogP contribution in [0, 0.1) is 0 Å². The Kier molecular flexibility index (Phi) is 6.98. The van der Waals surface area contributed by atoms with Crippen molar-refractivity contribution in [2.75, 3.05) is 12.9 Å². The molecule has 1 atom stereocenters. The van der Waals surface area contributed by atoms with Gasteiger partial charge < -0.3 is 9.30 Å². The van der Waals surface area contributed by atoms with Gasteiger partial charge in [-0.25, -0.2) is 0 Å². The molecule has 1 heterocycles. The zero-order valence-electron chi connectivity index (χ0n) is 17.6. The van der Waals surface area contributed by atoms with E-state index in [1.165, 1.54) is 0 Å². The first-order valence-corrected chi connectivity index (χ1v) is 12.9. The fraction of sp³-hybridized carbons (Fsp3) is 0.200. The molecule has 1 aromatic heterocycles. The first-order valence-electron chi connectivity index (χ1n) is 10.3. The maximum Gasteiger partial charge on any atom is 0.264 e. The summed E-state index contributed by atoms with van der Waals surface area (Å²) in [7, 11) is -3.51. The van der Waals surface area contributed by atoms with Crippen LogP contribution in [0.4, 0.5) is 0 Å². The van der Waals surface area contributed by atoms with E-state index in [4.69, 9.17) is 8.92 Å². The molecule has 0 N–H and O–H groups in total. The van der Waals surface area contributed by atoms with Crippen LogP contribution in [-0.2, 0) is 20.9 Å². The molecule has 0 amide bonds. The first-order chi connectivity index (χ1) is 15.4. The Morgan fingerprint density at radius 3 is 2.50 bits per heavy atom. The van der Waals surface area contributed by atoms with E-state index >= 15 is 0 Å². The average Bonchev–Trinajstić information content (AvgIpc) is 3.20. The number of rotatable bonds is 9. The highest BCUT2D eigenvalue weighted by molar-refractivity contribution is 9.10. The molecule has 4 rings (SSSR count). The van der Waals surface area contributed by atoms with E-state index in [2.05, 4.69) is 20.5 Å². The van der Waals surface area contributed by atoms with Crippen LogP contribution in [0.3, 0.4) is 0 Å². The zero-order chi connectivity index (χ0) is 22.6. The van der Waals surface area contributed by atoms with Gasteiger partial charge in [-0.1, -0.05) is 70.5 Å². The lowest BCUT2D eigenvalue weighted by atomic mass is 10.0. The molecule has 0 saturated heterocycles. The van der Waals surface area contributed by atoms with E-state index < -0.39 is 10.1 Å². The molecule has 0 spiro atoms. The molecule has 0 aliphatic rings. The molecule has 166 valence electrons. The van der Waals surface area contributed by atoms with E-state index in [1.54, 1.807) is 0 Å². The molecule has 0 fully saturated rings. The molecule has 0 bridgehead atoms. The predicted molar refractivity (Wildman–Crippen MR) is 130 cm³/mol. The van der Waals surface area contributed by atoms with Crippen LogP contribution in [0.15, 0.2) is 89.5 Å². The van der Waals surface area contributed by atoms with Gasteiger partial charge in [0.25, 0.3) is 10.1 Å². The maximum atomic E-state index is 11.5. The summed E-state index contributed by atoms with van der Waals surface area (Å²) in [6.07, 6.45) is 3.58. The summed E-state index contributed by atoms with van der Waals surface area (Å²) in [6, 6.07) is 26.0. The van der Waals surface area contributed by atoms with Crippen molar-refractivity contribution in [2.24, 2.45) is 0 Å². The smallest absolute Gasteiger partial charge is 0.264 e. The Bertz CT molecular complexity index is 1300. The van der Waals surface area contributed by atoms with Crippen molar-refractivity contribution in [1.82, 2.24) is 4.57 Å². The number of benzene rings is 3. The van der Waals surface area contributed by atoms with Crippen molar-refractivity contribution < 1.29 is 17.3 Å². The third-order valence-electron chi connectivity index (χ3n) is 5.20. The van der Waals surface area contributed by atoms with Crippen molar-refractivity contribution in [3.05, 3.63) is 101 Å². The Morgan fingerprint density at radius 1 is 0.969 bits per heavy atom. The third kappa shape index (κ3) is 5.59. The number of hydrogen-bond acceptors (Lipinski definition) is 4. The van der Waals surface area contributed by atoms with Crippen LogP contribution in [0.25, 0.3) is 10.9 Å². The first kappa shape index (κ1) is 22.6. The second-order valence-corrected chi connectivity index (χ2v) is 10.1.